The number of nitrogens with one attached hydrogen (secondary N) is 1. The van der Waals surface area contributed by atoms with E-state index in [1.807, 2.05) is 31.2 Å². The van der Waals surface area contributed by atoms with Gasteiger partial charge in [0.05, 0.1) is 0 Å². The molecule has 2 rings (SSSR count). The number of amides is 1. The number of hydrogen-bond donors (Lipinski definition) is 1. The molecule has 0 aliphatic carbocycles. The molecule has 0 spiro atoms. The van der Waals surface area contributed by atoms with Crippen LogP contribution in [0.3, 0.4) is 0 Å². The number of carbonyl (C=O) groups is 1. The summed E-state index contributed by atoms with van der Waals surface area (Å²) in [6, 6.07) is 9.16. The smallest absolute Gasteiger partial charge is 0.248 e. The van der Waals surface area contributed by atoms with Crippen molar-refractivity contribution in [2.24, 2.45) is 0 Å². The van der Waals surface area contributed by atoms with E-state index < -0.39 is 0 Å². The van der Waals surface area contributed by atoms with Crippen molar-refractivity contribution in [1.82, 2.24) is 9.78 Å². The molecule has 0 aliphatic heterocycles. The lowest BCUT2D eigenvalue weighted by atomic mass is 10.3. The van der Waals surface area contributed by atoms with Crippen molar-refractivity contribution in [3.63, 3.8) is 0 Å². The van der Waals surface area contributed by atoms with Crippen LogP contribution in [-0.4, -0.2) is 15.7 Å². The minimum Gasteiger partial charge on any atom is -0.324 e. The maximum Gasteiger partial charge on any atom is 0.248 e. The van der Waals surface area contributed by atoms with Gasteiger partial charge >= 0.3 is 0 Å². The first-order valence-corrected chi connectivity index (χ1v) is 6.30. The summed E-state index contributed by atoms with van der Waals surface area (Å²) in [7, 11) is 0. The normalized spacial score (nSPS) is 12.1. The maximum atomic E-state index is 11.9. The first-order chi connectivity index (χ1) is 8.16. The fraction of sp³-hybridized carbons (Fsp3) is 0.167. The highest BCUT2D eigenvalue weighted by Crippen LogP contribution is 2.13. The molecule has 88 valence electrons. The van der Waals surface area contributed by atoms with Gasteiger partial charge in [-0.1, -0.05) is 0 Å². The molecule has 0 aliphatic rings. The number of halogens is 1. The molecule has 0 unspecified atom stereocenters. The fourth-order valence-corrected chi connectivity index (χ4v) is 1.77. The first kappa shape index (κ1) is 12.1. The van der Waals surface area contributed by atoms with Crippen LogP contribution in [0.2, 0.25) is 0 Å². The highest BCUT2D eigenvalue weighted by molar-refractivity contribution is 14.1. The molecule has 0 saturated carbocycles. The van der Waals surface area contributed by atoms with Gasteiger partial charge in [0.15, 0.2) is 0 Å². The highest BCUT2D eigenvalue weighted by Gasteiger charge is 2.14. The van der Waals surface area contributed by atoms with Gasteiger partial charge in [-0.15, -0.1) is 0 Å². The van der Waals surface area contributed by atoms with E-state index in [4.69, 9.17) is 0 Å². The molecule has 1 N–H and O–H groups in total. The topological polar surface area (TPSA) is 46.9 Å². The molecule has 1 amide bonds. The summed E-state index contributed by atoms with van der Waals surface area (Å²) in [5, 5.41) is 6.90. The van der Waals surface area contributed by atoms with Gasteiger partial charge in [-0.25, -0.2) is 0 Å². The van der Waals surface area contributed by atoms with E-state index in [1.54, 1.807) is 23.1 Å². The second-order valence-corrected chi connectivity index (χ2v) is 4.90. The van der Waals surface area contributed by atoms with Crippen molar-refractivity contribution in [2.75, 3.05) is 5.32 Å². The molecule has 0 radical (unpaired) electrons. The molecule has 0 bridgehead atoms. The van der Waals surface area contributed by atoms with Crippen molar-refractivity contribution in [3.05, 3.63) is 46.3 Å². The number of aromatic nitrogens is 2. The Morgan fingerprint density at radius 2 is 2.12 bits per heavy atom. The number of benzene rings is 1. The second-order valence-electron chi connectivity index (χ2n) is 3.66. The lowest BCUT2D eigenvalue weighted by Gasteiger charge is -2.12. The number of anilines is 1. The van der Waals surface area contributed by atoms with Gasteiger partial charge in [0.2, 0.25) is 5.91 Å². The zero-order valence-electron chi connectivity index (χ0n) is 9.30. The van der Waals surface area contributed by atoms with Gasteiger partial charge in [0, 0.05) is 21.7 Å². The van der Waals surface area contributed by atoms with E-state index in [0.717, 1.165) is 9.26 Å². The average molecular weight is 341 g/mol. The fourth-order valence-electron chi connectivity index (χ4n) is 1.41. The molecule has 17 heavy (non-hydrogen) atoms. The standard InChI is InChI=1S/C12H12IN3O/c1-9(16-8-2-7-14-16)12(17)15-11-5-3-10(13)4-6-11/h2-9H,1H3,(H,15,17)/t9-/m0/s1. The summed E-state index contributed by atoms with van der Waals surface area (Å²) < 4.78 is 2.77. The van der Waals surface area contributed by atoms with E-state index in [9.17, 15) is 4.79 Å². The van der Waals surface area contributed by atoms with Gasteiger partial charge in [-0.3, -0.25) is 9.48 Å². The quantitative estimate of drug-likeness (QED) is 0.873. The van der Waals surface area contributed by atoms with Crippen LogP contribution in [0.5, 0.6) is 0 Å². The van der Waals surface area contributed by atoms with Crippen molar-refractivity contribution < 1.29 is 4.79 Å². The lowest BCUT2D eigenvalue weighted by Crippen LogP contribution is -2.23. The summed E-state index contributed by atoms with van der Waals surface area (Å²) in [5.41, 5.74) is 0.800. The monoisotopic (exact) mass is 341 g/mol. The minimum atomic E-state index is -0.315. The molecule has 0 saturated heterocycles. The Labute approximate surface area is 113 Å². The van der Waals surface area contributed by atoms with Crippen molar-refractivity contribution in [3.8, 4) is 0 Å². The molecular weight excluding hydrogens is 329 g/mol. The summed E-state index contributed by atoms with van der Waals surface area (Å²) in [6.45, 7) is 1.81. The van der Waals surface area contributed by atoms with E-state index >= 15 is 0 Å². The third kappa shape index (κ3) is 3.06. The Kier molecular flexibility index (Phi) is 3.78. The Balaban J connectivity index is 2.04. The van der Waals surface area contributed by atoms with Crippen LogP contribution < -0.4 is 5.32 Å². The lowest BCUT2D eigenvalue weighted by molar-refractivity contribution is -0.119. The van der Waals surface area contributed by atoms with Gasteiger partial charge in [0.25, 0.3) is 0 Å². The highest BCUT2D eigenvalue weighted by atomic mass is 127. The third-order valence-corrected chi connectivity index (χ3v) is 3.13. The maximum absolute atomic E-state index is 11.9. The average Bonchev–Trinajstić information content (AvgIpc) is 2.84. The van der Waals surface area contributed by atoms with Crippen LogP contribution in [-0.2, 0) is 4.79 Å². The minimum absolute atomic E-state index is 0.0742. The molecule has 1 aromatic heterocycles. The third-order valence-electron chi connectivity index (χ3n) is 2.41. The van der Waals surface area contributed by atoms with Crippen LogP contribution in [0.15, 0.2) is 42.7 Å². The predicted octanol–water partition coefficient (Wildman–Crippen LogP) is 2.69. The molecule has 1 heterocycles. The number of hydrogen-bond acceptors (Lipinski definition) is 2. The van der Waals surface area contributed by atoms with Gasteiger partial charge < -0.3 is 5.32 Å². The van der Waals surface area contributed by atoms with Gasteiger partial charge in [-0.2, -0.15) is 5.10 Å². The molecule has 2 aromatic rings. The summed E-state index contributed by atoms with van der Waals surface area (Å²) in [6.07, 6.45) is 3.44. The van der Waals surface area contributed by atoms with Crippen LogP contribution >= 0.6 is 22.6 Å². The number of nitrogens with zero attached hydrogens (tertiary/aromatic N) is 2. The van der Waals surface area contributed by atoms with E-state index in [1.165, 1.54) is 0 Å². The zero-order valence-corrected chi connectivity index (χ0v) is 11.5. The molecular formula is C12H12IN3O. The zero-order chi connectivity index (χ0) is 12.3. The van der Waals surface area contributed by atoms with Crippen molar-refractivity contribution >= 4 is 34.2 Å². The number of rotatable bonds is 3. The van der Waals surface area contributed by atoms with E-state index in [2.05, 4.69) is 33.0 Å². The molecule has 1 atom stereocenters. The summed E-state index contributed by atoms with van der Waals surface area (Å²) >= 11 is 2.23. The van der Waals surface area contributed by atoms with Crippen molar-refractivity contribution in [2.45, 2.75) is 13.0 Å². The van der Waals surface area contributed by atoms with Crippen LogP contribution in [0.4, 0.5) is 5.69 Å². The largest absolute Gasteiger partial charge is 0.324 e. The van der Waals surface area contributed by atoms with Gasteiger partial charge in [-0.05, 0) is 59.8 Å². The Bertz CT molecular complexity index is 493. The Morgan fingerprint density at radius 3 is 2.71 bits per heavy atom. The Morgan fingerprint density at radius 1 is 1.41 bits per heavy atom. The van der Waals surface area contributed by atoms with Crippen LogP contribution in [0.25, 0.3) is 0 Å². The molecule has 0 fully saturated rings. The summed E-state index contributed by atoms with van der Waals surface area (Å²) in [5.74, 6) is -0.0742. The van der Waals surface area contributed by atoms with Crippen LogP contribution in [0.1, 0.15) is 13.0 Å². The Hall–Kier alpha value is -1.37. The molecule has 5 heteroatoms. The first-order valence-electron chi connectivity index (χ1n) is 5.22. The van der Waals surface area contributed by atoms with Crippen molar-refractivity contribution in [1.29, 1.82) is 0 Å². The molecule has 1 aromatic carbocycles. The summed E-state index contributed by atoms with van der Waals surface area (Å²) in [4.78, 5) is 11.9. The number of carbonyl (C=O) groups excluding carboxylic acids is 1. The van der Waals surface area contributed by atoms with Gasteiger partial charge in [0.1, 0.15) is 6.04 Å². The second kappa shape index (κ2) is 5.31. The van der Waals surface area contributed by atoms with E-state index in [0.29, 0.717) is 0 Å². The van der Waals surface area contributed by atoms with E-state index in [-0.39, 0.29) is 11.9 Å². The predicted molar refractivity (Wildman–Crippen MR) is 74.7 cm³/mol. The molecule has 4 nitrogen and oxygen atoms in total. The van der Waals surface area contributed by atoms with Crippen LogP contribution in [0, 0.1) is 3.57 Å². The SMILES string of the molecule is C[C@@H](C(=O)Nc1ccc(I)cc1)n1cccn1.